The summed E-state index contributed by atoms with van der Waals surface area (Å²) in [7, 11) is 0. The third-order valence-corrected chi connectivity index (χ3v) is 4.81. The molecule has 6 nitrogen and oxygen atoms in total. The van der Waals surface area contributed by atoms with Gasteiger partial charge in [0.15, 0.2) is 5.82 Å². The lowest BCUT2D eigenvalue weighted by molar-refractivity contribution is -0.0475. The van der Waals surface area contributed by atoms with Crippen LogP contribution in [0.3, 0.4) is 0 Å². The van der Waals surface area contributed by atoms with Crippen LogP contribution in [-0.2, 0) is 16.8 Å². The van der Waals surface area contributed by atoms with Crippen molar-refractivity contribution < 1.29 is 9.26 Å². The summed E-state index contributed by atoms with van der Waals surface area (Å²) in [5.41, 5.74) is 7.17. The molecule has 1 saturated heterocycles. The van der Waals surface area contributed by atoms with E-state index in [1.165, 1.54) is 5.56 Å². The molecule has 0 amide bonds. The zero-order valence-corrected chi connectivity index (χ0v) is 14.4. The van der Waals surface area contributed by atoms with E-state index in [2.05, 4.69) is 39.3 Å². The summed E-state index contributed by atoms with van der Waals surface area (Å²) in [5, 5.41) is 4.08. The summed E-state index contributed by atoms with van der Waals surface area (Å²) >= 11 is 0. The molecule has 0 radical (unpaired) electrons. The molecule has 130 valence electrons. The van der Waals surface area contributed by atoms with Crippen LogP contribution in [0.5, 0.6) is 0 Å². The second-order valence-electron chi connectivity index (χ2n) is 6.55. The molecule has 2 fully saturated rings. The van der Waals surface area contributed by atoms with Crippen molar-refractivity contribution in [2.24, 2.45) is 5.73 Å². The number of aromatic nitrogens is 2. The van der Waals surface area contributed by atoms with Crippen molar-refractivity contribution >= 4 is 12.4 Å². The van der Waals surface area contributed by atoms with Gasteiger partial charge in [-0.3, -0.25) is 4.90 Å². The highest BCUT2D eigenvalue weighted by atomic mass is 35.5. The molecule has 2 N–H and O–H groups in total. The van der Waals surface area contributed by atoms with Crippen LogP contribution in [0.2, 0.25) is 0 Å². The van der Waals surface area contributed by atoms with Crippen LogP contribution in [0.15, 0.2) is 34.9 Å². The number of halogens is 1. The maximum Gasteiger partial charge on any atom is 0.257 e. The van der Waals surface area contributed by atoms with Crippen molar-refractivity contribution in [1.29, 1.82) is 0 Å². The van der Waals surface area contributed by atoms with Gasteiger partial charge in [0.25, 0.3) is 5.89 Å². The van der Waals surface area contributed by atoms with Crippen LogP contribution < -0.4 is 5.73 Å². The second-order valence-corrected chi connectivity index (χ2v) is 6.55. The van der Waals surface area contributed by atoms with E-state index >= 15 is 0 Å². The first kappa shape index (κ1) is 17.4. The summed E-state index contributed by atoms with van der Waals surface area (Å²) in [6.07, 6.45) is 2.82. The van der Waals surface area contributed by atoms with Crippen LogP contribution in [0, 0.1) is 0 Å². The quantitative estimate of drug-likeness (QED) is 0.912. The summed E-state index contributed by atoms with van der Waals surface area (Å²) < 4.78 is 11.3. The van der Waals surface area contributed by atoms with Crippen LogP contribution in [-0.4, -0.2) is 34.7 Å². The van der Waals surface area contributed by atoms with E-state index in [1.807, 2.05) is 6.07 Å². The Morgan fingerprint density at radius 3 is 2.75 bits per heavy atom. The number of benzene rings is 1. The van der Waals surface area contributed by atoms with Gasteiger partial charge in [0.2, 0.25) is 0 Å². The van der Waals surface area contributed by atoms with Crippen LogP contribution in [0.25, 0.3) is 0 Å². The molecule has 1 aliphatic carbocycles. The second kappa shape index (κ2) is 7.19. The molecule has 1 aromatic heterocycles. The minimum Gasteiger partial charge on any atom is -0.366 e. The third kappa shape index (κ3) is 3.47. The smallest absolute Gasteiger partial charge is 0.257 e. The van der Waals surface area contributed by atoms with E-state index in [-0.39, 0.29) is 24.0 Å². The molecule has 1 aliphatic heterocycles. The predicted octanol–water partition coefficient (Wildman–Crippen LogP) is 2.40. The zero-order valence-electron chi connectivity index (χ0n) is 13.6. The van der Waals surface area contributed by atoms with Gasteiger partial charge in [-0.25, -0.2) is 0 Å². The van der Waals surface area contributed by atoms with Gasteiger partial charge in [0, 0.05) is 19.6 Å². The van der Waals surface area contributed by atoms with Crippen LogP contribution in [0.4, 0.5) is 0 Å². The fourth-order valence-corrected chi connectivity index (χ4v) is 3.19. The summed E-state index contributed by atoms with van der Waals surface area (Å²) in [4.78, 5) is 6.87. The van der Waals surface area contributed by atoms with E-state index in [4.69, 9.17) is 15.0 Å². The highest BCUT2D eigenvalue weighted by Crippen LogP contribution is 2.37. The average molecular weight is 351 g/mol. The van der Waals surface area contributed by atoms with Crippen molar-refractivity contribution in [3.8, 4) is 0 Å². The van der Waals surface area contributed by atoms with Gasteiger partial charge in [-0.15, -0.1) is 12.4 Å². The molecule has 0 bridgehead atoms. The molecule has 4 rings (SSSR count). The lowest BCUT2D eigenvalue weighted by Gasteiger charge is -2.34. The molecular formula is C17H23ClN4O2. The molecule has 2 aliphatic rings. The van der Waals surface area contributed by atoms with Crippen molar-refractivity contribution in [3.05, 3.63) is 47.6 Å². The monoisotopic (exact) mass is 350 g/mol. The van der Waals surface area contributed by atoms with E-state index in [0.29, 0.717) is 18.3 Å². The fraction of sp³-hybridized carbons (Fsp3) is 0.529. The number of rotatable bonds is 4. The van der Waals surface area contributed by atoms with E-state index in [0.717, 1.165) is 38.9 Å². The van der Waals surface area contributed by atoms with Crippen molar-refractivity contribution in [2.75, 3.05) is 19.7 Å². The van der Waals surface area contributed by atoms with E-state index in [9.17, 15) is 0 Å². The SMILES string of the molecule is Cl.NC1(c2noc(C3CN(Cc4ccccc4)CCO3)n2)CCC1. The highest BCUT2D eigenvalue weighted by Gasteiger charge is 2.40. The van der Waals surface area contributed by atoms with Crippen LogP contribution in [0.1, 0.15) is 42.6 Å². The molecule has 1 unspecified atom stereocenters. The Morgan fingerprint density at radius 1 is 1.25 bits per heavy atom. The van der Waals surface area contributed by atoms with E-state index in [1.54, 1.807) is 0 Å². The number of hydrogen-bond donors (Lipinski definition) is 1. The molecule has 1 atom stereocenters. The average Bonchev–Trinajstić information content (AvgIpc) is 3.04. The minimum absolute atomic E-state index is 0. The standard InChI is InChI=1S/C17H22N4O2.ClH/c18-17(7-4-8-17)16-19-15(23-20-16)14-12-21(9-10-22-14)11-13-5-2-1-3-6-13;/h1-3,5-6,14H,4,7-12,18H2;1H. The molecular weight excluding hydrogens is 328 g/mol. The van der Waals surface area contributed by atoms with Crippen molar-refractivity contribution in [3.63, 3.8) is 0 Å². The summed E-state index contributed by atoms with van der Waals surface area (Å²) in [5.74, 6) is 1.18. The minimum atomic E-state index is -0.389. The number of ether oxygens (including phenoxy) is 1. The van der Waals surface area contributed by atoms with Gasteiger partial charge in [0.05, 0.1) is 12.1 Å². The summed E-state index contributed by atoms with van der Waals surface area (Å²) in [6.45, 7) is 3.24. The Hall–Kier alpha value is -1.47. The molecule has 0 spiro atoms. The summed E-state index contributed by atoms with van der Waals surface area (Å²) in [6, 6.07) is 10.5. The largest absolute Gasteiger partial charge is 0.366 e. The number of hydrogen-bond acceptors (Lipinski definition) is 6. The van der Waals surface area contributed by atoms with Gasteiger partial charge < -0.3 is 15.0 Å². The number of morpholine rings is 1. The van der Waals surface area contributed by atoms with Gasteiger partial charge in [-0.1, -0.05) is 35.5 Å². The molecule has 2 aromatic rings. The van der Waals surface area contributed by atoms with Crippen LogP contribution >= 0.6 is 12.4 Å². The Labute approximate surface area is 147 Å². The maximum absolute atomic E-state index is 6.26. The first-order chi connectivity index (χ1) is 11.2. The predicted molar refractivity (Wildman–Crippen MR) is 91.7 cm³/mol. The lowest BCUT2D eigenvalue weighted by Crippen LogP contribution is -2.44. The van der Waals surface area contributed by atoms with E-state index < -0.39 is 0 Å². The number of nitrogens with zero attached hydrogens (tertiary/aromatic N) is 3. The Kier molecular flexibility index (Phi) is 5.20. The Morgan fingerprint density at radius 2 is 2.04 bits per heavy atom. The van der Waals surface area contributed by atoms with Crippen molar-refractivity contribution in [1.82, 2.24) is 15.0 Å². The lowest BCUT2D eigenvalue weighted by atomic mass is 9.77. The number of nitrogens with two attached hydrogens (primary N) is 1. The zero-order chi connectivity index (χ0) is 15.7. The molecule has 1 aromatic carbocycles. The van der Waals surface area contributed by atoms with Gasteiger partial charge in [0.1, 0.15) is 6.10 Å². The Balaban J connectivity index is 0.00000169. The van der Waals surface area contributed by atoms with Gasteiger partial charge in [-0.2, -0.15) is 4.98 Å². The third-order valence-electron chi connectivity index (χ3n) is 4.81. The first-order valence-electron chi connectivity index (χ1n) is 8.24. The maximum atomic E-state index is 6.26. The van der Waals surface area contributed by atoms with Gasteiger partial charge in [-0.05, 0) is 24.8 Å². The van der Waals surface area contributed by atoms with Gasteiger partial charge >= 0.3 is 0 Å². The molecule has 1 saturated carbocycles. The normalized spacial score (nSPS) is 23.3. The topological polar surface area (TPSA) is 77.4 Å². The first-order valence-corrected chi connectivity index (χ1v) is 8.24. The fourth-order valence-electron chi connectivity index (χ4n) is 3.19. The van der Waals surface area contributed by atoms with Crippen molar-refractivity contribution in [2.45, 2.75) is 37.5 Å². The molecule has 24 heavy (non-hydrogen) atoms. The Bertz CT molecular complexity index is 660. The molecule has 2 heterocycles. The highest BCUT2D eigenvalue weighted by molar-refractivity contribution is 5.85. The molecule has 7 heteroatoms.